The summed E-state index contributed by atoms with van der Waals surface area (Å²) in [5.74, 6) is -0.392. The zero-order valence-corrected chi connectivity index (χ0v) is 16.3. The molecule has 2 N–H and O–H groups in total. The Labute approximate surface area is 164 Å². The van der Waals surface area contributed by atoms with Gasteiger partial charge in [0, 0.05) is 17.1 Å². The smallest absolute Gasteiger partial charge is 0.337 e. The molecule has 6 nitrogen and oxygen atoms in total. The molecule has 7 heteroatoms. The first kappa shape index (κ1) is 19.4. The predicted molar refractivity (Wildman–Crippen MR) is 109 cm³/mol. The Kier molecular flexibility index (Phi) is 5.65. The number of hydrogen-bond donors (Lipinski definition) is 2. The van der Waals surface area contributed by atoms with Crippen molar-refractivity contribution in [2.24, 2.45) is 0 Å². The van der Waals surface area contributed by atoms with Crippen molar-refractivity contribution in [3.8, 4) is 0 Å². The van der Waals surface area contributed by atoms with Crippen LogP contribution in [0.5, 0.6) is 0 Å². The van der Waals surface area contributed by atoms with Crippen LogP contribution in [0.3, 0.4) is 0 Å². The Morgan fingerprint density at radius 2 is 1.43 bits per heavy atom. The minimum absolute atomic E-state index is 0.223. The van der Waals surface area contributed by atoms with E-state index >= 15 is 0 Å². The molecule has 0 aromatic heterocycles. The highest BCUT2D eigenvalue weighted by Crippen LogP contribution is 2.22. The van der Waals surface area contributed by atoms with Crippen LogP contribution < -0.4 is 10.0 Å². The minimum Gasteiger partial charge on any atom is -0.465 e. The fourth-order valence-electron chi connectivity index (χ4n) is 2.59. The van der Waals surface area contributed by atoms with Gasteiger partial charge in [0.05, 0.1) is 17.6 Å². The summed E-state index contributed by atoms with van der Waals surface area (Å²) in [6.07, 6.45) is 0. The van der Waals surface area contributed by atoms with Gasteiger partial charge in [-0.15, -0.1) is 0 Å². The lowest BCUT2D eigenvalue weighted by atomic mass is 10.2. The van der Waals surface area contributed by atoms with Crippen LogP contribution in [-0.4, -0.2) is 21.5 Å². The molecule has 0 atom stereocenters. The van der Waals surface area contributed by atoms with Gasteiger partial charge in [0.15, 0.2) is 0 Å². The Balaban J connectivity index is 1.69. The van der Waals surface area contributed by atoms with E-state index in [1.54, 1.807) is 66.7 Å². The van der Waals surface area contributed by atoms with E-state index in [0.717, 1.165) is 16.9 Å². The second kappa shape index (κ2) is 8.14. The molecule has 0 fully saturated rings. The van der Waals surface area contributed by atoms with E-state index in [9.17, 15) is 13.2 Å². The van der Waals surface area contributed by atoms with Crippen LogP contribution in [0.25, 0.3) is 0 Å². The van der Waals surface area contributed by atoms with E-state index in [2.05, 4.69) is 14.8 Å². The van der Waals surface area contributed by atoms with Gasteiger partial charge in [-0.1, -0.05) is 12.1 Å². The number of aryl methyl sites for hydroxylation is 1. The molecular formula is C21H20N2O4S. The first-order valence-electron chi connectivity index (χ1n) is 8.52. The summed E-state index contributed by atoms with van der Waals surface area (Å²) in [7, 11) is -2.30. The number of benzene rings is 3. The van der Waals surface area contributed by atoms with E-state index in [1.807, 2.05) is 13.0 Å². The normalized spacial score (nSPS) is 10.9. The van der Waals surface area contributed by atoms with Crippen molar-refractivity contribution in [3.63, 3.8) is 0 Å². The van der Waals surface area contributed by atoms with E-state index < -0.39 is 16.0 Å². The number of carbonyl (C=O) groups excluding carboxylic acids is 1. The van der Waals surface area contributed by atoms with Gasteiger partial charge in [0.2, 0.25) is 0 Å². The number of esters is 1. The summed E-state index contributed by atoms with van der Waals surface area (Å²) in [5.41, 5.74) is 3.38. The number of methoxy groups -OCH3 is 1. The molecule has 28 heavy (non-hydrogen) atoms. The average molecular weight is 396 g/mol. The monoisotopic (exact) mass is 396 g/mol. The van der Waals surface area contributed by atoms with Crippen molar-refractivity contribution >= 4 is 33.1 Å². The van der Waals surface area contributed by atoms with Crippen molar-refractivity contribution in [1.82, 2.24) is 0 Å². The Bertz CT molecular complexity index is 1080. The van der Waals surface area contributed by atoms with E-state index in [0.29, 0.717) is 11.3 Å². The summed E-state index contributed by atoms with van der Waals surface area (Å²) >= 11 is 0. The standard InChI is InChI=1S/C21H20N2O4S/c1-15-4-3-5-20(14-15)28(25,26)23-19-12-10-18(11-13-19)22-17-8-6-16(7-9-17)21(24)27-2/h3-14,22-23H,1-2H3. The van der Waals surface area contributed by atoms with Gasteiger partial charge < -0.3 is 10.1 Å². The lowest BCUT2D eigenvalue weighted by Gasteiger charge is -2.11. The van der Waals surface area contributed by atoms with E-state index in [-0.39, 0.29) is 4.90 Å². The molecule has 0 saturated heterocycles. The molecule has 3 rings (SSSR count). The van der Waals surface area contributed by atoms with E-state index in [1.165, 1.54) is 7.11 Å². The summed E-state index contributed by atoms with van der Waals surface area (Å²) < 4.78 is 32.2. The molecule has 3 aromatic carbocycles. The van der Waals surface area contributed by atoms with Crippen molar-refractivity contribution < 1.29 is 17.9 Å². The highest BCUT2D eigenvalue weighted by Gasteiger charge is 2.14. The first-order valence-corrected chi connectivity index (χ1v) is 10.0. The highest BCUT2D eigenvalue weighted by molar-refractivity contribution is 7.92. The molecule has 0 radical (unpaired) electrons. The molecule has 0 spiro atoms. The van der Waals surface area contributed by atoms with Gasteiger partial charge in [-0.25, -0.2) is 13.2 Å². The van der Waals surface area contributed by atoms with E-state index in [4.69, 9.17) is 0 Å². The fourth-order valence-corrected chi connectivity index (χ4v) is 3.76. The maximum absolute atomic E-state index is 12.5. The zero-order chi connectivity index (χ0) is 20.1. The predicted octanol–water partition coefficient (Wildman–Crippen LogP) is 4.33. The third-order valence-electron chi connectivity index (χ3n) is 4.03. The van der Waals surface area contributed by atoms with Gasteiger partial charge in [-0.05, 0) is 73.2 Å². The Morgan fingerprint density at radius 3 is 2.00 bits per heavy atom. The lowest BCUT2D eigenvalue weighted by Crippen LogP contribution is -2.13. The van der Waals surface area contributed by atoms with Crippen LogP contribution in [0.15, 0.2) is 77.7 Å². The number of sulfonamides is 1. The summed E-state index contributed by atoms with van der Waals surface area (Å²) in [4.78, 5) is 11.7. The van der Waals surface area contributed by atoms with Gasteiger partial charge in [-0.2, -0.15) is 0 Å². The van der Waals surface area contributed by atoms with Crippen LogP contribution in [0.1, 0.15) is 15.9 Å². The third-order valence-corrected chi connectivity index (χ3v) is 5.41. The molecule has 0 heterocycles. The Morgan fingerprint density at radius 1 is 0.857 bits per heavy atom. The average Bonchev–Trinajstić information content (AvgIpc) is 2.69. The summed E-state index contributed by atoms with van der Waals surface area (Å²) in [6.45, 7) is 1.84. The highest BCUT2D eigenvalue weighted by atomic mass is 32.2. The molecule has 0 unspecified atom stereocenters. The van der Waals surface area contributed by atoms with Gasteiger partial charge >= 0.3 is 5.97 Å². The number of nitrogens with one attached hydrogen (secondary N) is 2. The maximum atomic E-state index is 12.5. The van der Waals surface area contributed by atoms with Crippen molar-refractivity contribution in [3.05, 3.63) is 83.9 Å². The number of ether oxygens (including phenoxy) is 1. The van der Waals surface area contributed by atoms with Crippen LogP contribution in [-0.2, 0) is 14.8 Å². The van der Waals surface area contributed by atoms with Crippen LogP contribution >= 0.6 is 0 Å². The van der Waals surface area contributed by atoms with Gasteiger partial charge in [0.1, 0.15) is 0 Å². The van der Waals surface area contributed by atoms with Crippen molar-refractivity contribution in [2.75, 3.05) is 17.1 Å². The molecule has 3 aromatic rings. The summed E-state index contributed by atoms with van der Waals surface area (Å²) in [6, 6.07) is 20.5. The minimum atomic E-state index is -3.64. The first-order chi connectivity index (χ1) is 13.4. The molecule has 144 valence electrons. The molecule has 0 aliphatic carbocycles. The third kappa shape index (κ3) is 4.69. The summed E-state index contributed by atoms with van der Waals surface area (Å²) in [5, 5.41) is 3.19. The zero-order valence-electron chi connectivity index (χ0n) is 15.5. The van der Waals surface area contributed by atoms with Crippen molar-refractivity contribution in [1.29, 1.82) is 0 Å². The van der Waals surface area contributed by atoms with Crippen LogP contribution in [0.4, 0.5) is 17.1 Å². The van der Waals surface area contributed by atoms with Gasteiger partial charge in [-0.3, -0.25) is 4.72 Å². The van der Waals surface area contributed by atoms with Crippen molar-refractivity contribution in [2.45, 2.75) is 11.8 Å². The number of carbonyl (C=O) groups is 1. The molecule has 0 aliphatic rings. The molecular weight excluding hydrogens is 376 g/mol. The SMILES string of the molecule is COC(=O)c1ccc(Nc2ccc(NS(=O)(=O)c3cccc(C)c3)cc2)cc1. The maximum Gasteiger partial charge on any atom is 0.337 e. The van der Waals surface area contributed by atoms with Gasteiger partial charge in [0.25, 0.3) is 10.0 Å². The van der Waals surface area contributed by atoms with Crippen LogP contribution in [0, 0.1) is 6.92 Å². The largest absolute Gasteiger partial charge is 0.465 e. The Hall–Kier alpha value is -3.32. The number of rotatable bonds is 6. The molecule has 0 amide bonds. The lowest BCUT2D eigenvalue weighted by molar-refractivity contribution is 0.0600. The molecule has 0 saturated carbocycles. The topological polar surface area (TPSA) is 84.5 Å². The van der Waals surface area contributed by atoms with Crippen LogP contribution in [0.2, 0.25) is 0 Å². The number of hydrogen-bond acceptors (Lipinski definition) is 5. The molecule has 0 aliphatic heterocycles. The quantitative estimate of drug-likeness (QED) is 0.606. The molecule has 0 bridgehead atoms. The fraction of sp³-hybridized carbons (Fsp3) is 0.0952. The number of anilines is 3. The second-order valence-electron chi connectivity index (χ2n) is 6.19. The second-order valence-corrected chi connectivity index (χ2v) is 7.88.